The van der Waals surface area contributed by atoms with E-state index < -0.39 is 0 Å². The molecule has 0 bridgehead atoms. The number of hydrogen-bond donors (Lipinski definition) is 2. The van der Waals surface area contributed by atoms with Gasteiger partial charge in [-0.2, -0.15) is 10.2 Å². The number of nitrogens with one attached hydrogen (secondary N) is 2. The summed E-state index contributed by atoms with van der Waals surface area (Å²) < 4.78 is 0. The Kier molecular flexibility index (Phi) is 5.70. The number of H-pyrrole nitrogens is 2. The van der Waals surface area contributed by atoms with Crippen molar-refractivity contribution >= 4 is 0 Å². The van der Waals surface area contributed by atoms with Crippen molar-refractivity contribution in [3.8, 4) is 22.5 Å². The fourth-order valence-corrected chi connectivity index (χ4v) is 1.76. The zero-order valence-corrected chi connectivity index (χ0v) is 11.6. The number of nitrogens with zero attached hydrogens (tertiary/aromatic N) is 5. The van der Waals surface area contributed by atoms with Crippen LogP contribution in [-0.2, 0) is 0 Å². The Morgan fingerprint density at radius 2 is 1.39 bits per heavy atom. The molecule has 0 aliphatic carbocycles. The largest absolute Gasteiger partial charge is 0.285 e. The Labute approximate surface area is 133 Å². The molecule has 0 amide bonds. The Hall–Kier alpha value is -3.35. The second-order valence-corrected chi connectivity index (χ2v) is 4.28. The number of pyridine rings is 1. The van der Waals surface area contributed by atoms with Gasteiger partial charge in [-0.05, 0) is 12.1 Å². The summed E-state index contributed by atoms with van der Waals surface area (Å²) in [6, 6.07) is 5.80. The predicted molar refractivity (Wildman–Crippen MR) is 88.2 cm³/mol. The van der Waals surface area contributed by atoms with Gasteiger partial charge in [0.15, 0.2) is 0 Å². The van der Waals surface area contributed by atoms with Gasteiger partial charge in [0.2, 0.25) is 0 Å². The molecule has 4 aromatic heterocycles. The lowest BCUT2D eigenvalue weighted by atomic mass is 10.2. The highest BCUT2D eigenvalue weighted by Crippen LogP contribution is 2.12. The van der Waals surface area contributed by atoms with Crippen LogP contribution in [0.1, 0.15) is 7.43 Å². The van der Waals surface area contributed by atoms with Crippen molar-refractivity contribution < 1.29 is 0 Å². The first kappa shape index (κ1) is 16.0. The van der Waals surface area contributed by atoms with E-state index in [0.717, 1.165) is 22.5 Å². The number of aromatic amines is 2. The maximum Gasteiger partial charge on any atom is 0.0916 e. The van der Waals surface area contributed by atoms with E-state index >= 15 is 0 Å². The van der Waals surface area contributed by atoms with E-state index in [1.165, 1.54) is 0 Å². The first-order valence-electron chi connectivity index (χ1n) is 6.59. The van der Waals surface area contributed by atoms with Gasteiger partial charge in [-0.15, -0.1) is 0 Å². The molecular formula is C16H17N7. The van der Waals surface area contributed by atoms with E-state index in [0.29, 0.717) is 0 Å². The average molecular weight is 307 g/mol. The van der Waals surface area contributed by atoms with E-state index in [1.54, 1.807) is 43.4 Å². The van der Waals surface area contributed by atoms with Crippen LogP contribution in [0.4, 0.5) is 0 Å². The van der Waals surface area contributed by atoms with Gasteiger partial charge >= 0.3 is 0 Å². The molecule has 0 unspecified atom stereocenters. The van der Waals surface area contributed by atoms with Crippen LogP contribution in [0.3, 0.4) is 0 Å². The van der Waals surface area contributed by atoms with E-state index in [9.17, 15) is 0 Å². The lowest BCUT2D eigenvalue weighted by Crippen LogP contribution is -1.80. The summed E-state index contributed by atoms with van der Waals surface area (Å²) in [5, 5.41) is 13.1. The Morgan fingerprint density at radius 3 is 1.91 bits per heavy atom. The van der Waals surface area contributed by atoms with Crippen molar-refractivity contribution in [3.63, 3.8) is 0 Å². The molecule has 2 N–H and O–H groups in total. The summed E-state index contributed by atoms with van der Waals surface area (Å²) in [6.45, 7) is 0. The molecule has 4 rings (SSSR count). The minimum atomic E-state index is 0. The van der Waals surface area contributed by atoms with Crippen LogP contribution >= 0.6 is 0 Å². The van der Waals surface area contributed by atoms with Gasteiger partial charge in [-0.1, -0.05) is 13.5 Å². The van der Waals surface area contributed by atoms with Crippen molar-refractivity contribution in [2.45, 2.75) is 7.43 Å². The van der Waals surface area contributed by atoms with Crippen LogP contribution in [-0.4, -0.2) is 35.3 Å². The average Bonchev–Trinajstić information content (AvgIpc) is 3.31. The van der Waals surface area contributed by atoms with E-state index in [-0.39, 0.29) is 7.43 Å². The molecular weight excluding hydrogens is 290 g/mol. The zero-order chi connectivity index (χ0) is 15.0. The molecule has 0 spiro atoms. The van der Waals surface area contributed by atoms with Crippen LogP contribution in [0.2, 0.25) is 0 Å². The Balaban J connectivity index is 0.000000160. The quantitative estimate of drug-likeness (QED) is 0.593. The zero-order valence-electron chi connectivity index (χ0n) is 11.6. The minimum Gasteiger partial charge on any atom is -0.285 e. The third-order valence-electron chi connectivity index (χ3n) is 2.82. The highest BCUT2D eigenvalue weighted by atomic mass is 15.1. The van der Waals surface area contributed by atoms with Crippen LogP contribution in [0, 0.1) is 0 Å². The molecule has 0 aliphatic heterocycles. The molecule has 0 saturated heterocycles. The highest BCUT2D eigenvalue weighted by molar-refractivity contribution is 5.56. The molecule has 4 heterocycles. The third-order valence-corrected chi connectivity index (χ3v) is 2.82. The number of aromatic nitrogens is 7. The first-order chi connectivity index (χ1) is 10.9. The maximum absolute atomic E-state index is 4.16. The van der Waals surface area contributed by atoms with Gasteiger partial charge in [-0.25, -0.2) is 0 Å². The Bertz CT molecular complexity index is 696. The van der Waals surface area contributed by atoms with Crippen LogP contribution < -0.4 is 0 Å². The SMILES string of the molecule is C.c1ccc(-c2cn[nH]c2)nc1.c1cnc(-c2cn[nH]c2)cn1. The molecule has 0 aliphatic rings. The summed E-state index contributed by atoms with van der Waals surface area (Å²) in [4.78, 5) is 12.2. The van der Waals surface area contributed by atoms with Crippen molar-refractivity contribution in [1.29, 1.82) is 0 Å². The van der Waals surface area contributed by atoms with Gasteiger partial charge in [0.05, 0.1) is 30.0 Å². The predicted octanol–water partition coefficient (Wildman–Crippen LogP) is 2.97. The third kappa shape index (κ3) is 4.31. The van der Waals surface area contributed by atoms with E-state index in [4.69, 9.17) is 0 Å². The van der Waals surface area contributed by atoms with Gasteiger partial charge < -0.3 is 0 Å². The molecule has 116 valence electrons. The number of rotatable bonds is 2. The molecule has 7 nitrogen and oxygen atoms in total. The van der Waals surface area contributed by atoms with Crippen molar-refractivity contribution in [2.24, 2.45) is 0 Å². The van der Waals surface area contributed by atoms with E-state index in [1.807, 2.05) is 24.4 Å². The van der Waals surface area contributed by atoms with E-state index in [2.05, 4.69) is 35.3 Å². The Morgan fingerprint density at radius 1 is 0.696 bits per heavy atom. The first-order valence-corrected chi connectivity index (χ1v) is 6.59. The summed E-state index contributed by atoms with van der Waals surface area (Å²) in [5.74, 6) is 0. The fourth-order valence-electron chi connectivity index (χ4n) is 1.76. The summed E-state index contributed by atoms with van der Waals surface area (Å²) in [5.41, 5.74) is 3.76. The molecule has 23 heavy (non-hydrogen) atoms. The minimum absolute atomic E-state index is 0. The molecule has 0 radical (unpaired) electrons. The second kappa shape index (κ2) is 8.18. The lowest BCUT2D eigenvalue weighted by molar-refractivity contribution is 1.09. The van der Waals surface area contributed by atoms with Crippen molar-refractivity contribution in [1.82, 2.24) is 35.3 Å². The maximum atomic E-state index is 4.16. The van der Waals surface area contributed by atoms with Crippen LogP contribution in [0.15, 0.2) is 67.8 Å². The molecule has 0 aromatic carbocycles. The van der Waals surface area contributed by atoms with Gasteiger partial charge in [-0.3, -0.25) is 25.1 Å². The second-order valence-electron chi connectivity index (χ2n) is 4.28. The van der Waals surface area contributed by atoms with Gasteiger partial charge in [0.25, 0.3) is 0 Å². The molecule has 0 atom stereocenters. The van der Waals surface area contributed by atoms with Crippen LogP contribution in [0.25, 0.3) is 22.5 Å². The molecule has 0 fully saturated rings. The summed E-state index contributed by atoms with van der Waals surface area (Å²) in [7, 11) is 0. The van der Waals surface area contributed by atoms with Crippen molar-refractivity contribution in [3.05, 3.63) is 67.8 Å². The topological polar surface area (TPSA) is 96.0 Å². The van der Waals surface area contributed by atoms with Crippen LogP contribution in [0.5, 0.6) is 0 Å². The summed E-state index contributed by atoms with van der Waals surface area (Å²) >= 11 is 0. The lowest BCUT2D eigenvalue weighted by Gasteiger charge is -1.91. The molecule has 7 heteroatoms. The smallest absolute Gasteiger partial charge is 0.0916 e. The fraction of sp³-hybridized carbons (Fsp3) is 0.0625. The van der Waals surface area contributed by atoms with Gasteiger partial charge in [0.1, 0.15) is 0 Å². The molecule has 4 aromatic rings. The monoisotopic (exact) mass is 307 g/mol. The van der Waals surface area contributed by atoms with Crippen molar-refractivity contribution in [2.75, 3.05) is 0 Å². The van der Waals surface area contributed by atoms with Gasteiger partial charge in [0, 0.05) is 42.1 Å². The number of hydrogen-bond acceptors (Lipinski definition) is 5. The molecule has 0 saturated carbocycles. The normalized spacial score (nSPS) is 9.39. The standard InChI is InChI=1S/C8H7N3.C7H6N4.CH4/c1-2-4-9-8(3-1)7-5-10-11-6-7;1-2-9-7(5-8-1)6-3-10-11-4-6;/h1-6H,(H,10,11);1-5H,(H,10,11);1H4. The highest BCUT2D eigenvalue weighted by Gasteiger charge is 1.97. The summed E-state index contributed by atoms with van der Waals surface area (Å²) in [6.07, 6.45) is 13.8.